The Hall–Kier alpha value is -3.19. The number of halogens is 1. The van der Waals surface area contributed by atoms with E-state index in [9.17, 15) is 4.39 Å². The van der Waals surface area contributed by atoms with Gasteiger partial charge >= 0.3 is 0 Å². The van der Waals surface area contributed by atoms with E-state index in [-0.39, 0.29) is 11.9 Å². The Labute approximate surface area is 149 Å². The number of fused-ring (bicyclic) bond motifs is 1. The summed E-state index contributed by atoms with van der Waals surface area (Å²) in [7, 11) is 0. The normalized spacial score (nSPS) is 12.4. The lowest BCUT2D eigenvalue weighted by atomic mass is 10.1. The SMILES string of the molecule is CC(NCc1cc(-c2ccc(F)cc2)cn2nnnc12)c1ccncc1. The number of hydrogen-bond donors (Lipinski definition) is 1. The molecule has 1 atom stereocenters. The number of rotatable bonds is 5. The van der Waals surface area contributed by atoms with Crippen molar-refractivity contribution in [3.8, 4) is 11.1 Å². The van der Waals surface area contributed by atoms with Gasteiger partial charge in [-0.3, -0.25) is 4.98 Å². The quantitative estimate of drug-likeness (QED) is 0.600. The average molecular weight is 348 g/mol. The molecule has 6 nitrogen and oxygen atoms in total. The van der Waals surface area contributed by atoms with Crippen LogP contribution in [0.15, 0.2) is 61.1 Å². The number of nitrogens with zero attached hydrogens (tertiary/aromatic N) is 5. The topological polar surface area (TPSA) is 68.0 Å². The van der Waals surface area contributed by atoms with Gasteiger partial charge in [-0.25, -0.2) is 4.39 Å². The standard InChI is InChI=1S/C19H17FN6/c1-13(14-6-8-21-9-7-14)22-11-16-10-17(12-26-19(16)23-24-25-26)15-2-4-18(20)5-3-15/h2-10,12-13,22H,11H2,1H3. The minimum atomic E-state index is -0.259. The molecule has 0 bridgehead atoms. The van der Waals surface area contributed by atoms with E-state index in [0.29, 0.717) is 12.2 Å². The van der Waals surface area contributed by atoms with Gasteiger partial charge in [-0.05, 0) is 58.8 Å². The van der Waals surface area contributed by atoms with Crippen molar-refractivity contribution in [1.82, 2.24) is 30.3 Å². The third-order valence-corrected chi connectivity index (χ3v) is 4.35. The number of benzene rings is 1. The Morgan fingerprint density at radius 2 is 1.85 bits per heavy atom. The van der Waals surface area contributed by atoms with Crippen LogP contribution in [0.4, 0.5) is 4.39 Å². The summed E-state index contributed by atoms with van der Waals surface area (Å²) >= 11 is 0. The van der Waals surface area contributed by atoms with Crippen LogP contribution < -0.4 is 5.32 Å². The van der Waals surface area contributed by atoms with Crippen molar-refractivity contribution < 1.29 is 4.39 Å². The zero-order valence-corrected chi connectivity index (χ0v) is 14.2. The van der Waals surface area contributed by atoms with Crippen molar-refractivity contribution in [3.63, 3.8) is 0 Å². The van der Waals surface area contributed by atoms with E-state index in [2.05, 4.69) is 32.7 Å². The van der Waals surface area contributed by atoms with Gasteiger partial charge in [0.25, 0.3) is 0 Å². The Morgan fingerprint density at radius 1 is 1.08 bits per heavy atom. The van der Waals surface area contributed by atoms with Crippen LogP contribution >= 0.6 is 0 Å². The molecule has 26 heavy (non-hydrogen) atoms. The number of aromatic nitrogens is 5. The molecular formula is C19H17FN6. The number of hydrogen-bond acceptors (Lipinski definition) is 5. The van der Waals surface area contributed by atoms with Crippen LogP contribution in [0.3, 0.4) is 0 Å². The minimum Gasteiger partial charge on any atom is -0.306 e. The summed E-state index contributed by atoms with van der Waals surface area (Å²) in [6.45, 7) is 2.70. The Morgan fingerprint density at radius 3 is 2.62 bits per heavy atom. The van der Waals surface area contributed by atoms with Crippen LogP contribution in [0.1, 0.15) is 24.1 Å². The molecule has 130 valence electrons. The predicted octanol–water partition coefficient (Wildman–Crippen LogP) is 3.18. The molecule has 4 aromatic rings. The maximum atomic E-state index is 13.2. The van der Waals surface area contributed by atoms with Crippen molar-refractivity contribution in [3.05, 3.63) is 78.0 Å². The van der Waals surface area contributed by atoms with Gasteiger partial charge in [0.05, 0.1) is 0 Å². The lowest BCUT2D eigenvalue weighted by Crippen LogP contribution is -2.18. The van der Waals surface area contributed by atoms with E-state index in [1.54, 1.807) is 29.0 Å². The highest BCUT2D eigenvalue weighted by molar-refractivity contribution is 5.66. The van der Waals surface area contributed by atoms with Crippen LogP contribution in [-0.2, 0) is 6.54 Å². The first-order valence-corrected chi connectivity index (χ1v) is 8.30. The summed E-state index contributed by atoms with van der Waals surface area (Å²) in [5.41, 5.74) is 4.67. The lowest BCUT2D eigenvalue weighted by Gasteiger charge is -2.15. The van der Waals surface area contributed by atoms with Crippen molar-refractivity contribution in [1.29, 1.82) is 0 Å². The fourth-order valence-corrected chi connectivity index (χ4v) is 2.88. The van der Waals surface area contributed by atoms with Crippen LogP contribution in [-0.4, -0.2) is 25.0 Å². The maximum absolute atomic E-state index is 13.2. The average Bonchev–Trinajstić information content (AvgIpc) is 3.16. The van der Waals surface area contributed by atoms with Gasteiger partial charge in [-0.15, -0.1) is 5.10 Å². The Kier molecular flexibility index (Phi) is 4.37. The Bertz CT molecular complexity index is 1010. The summed E-state index contributed by atoms with van der Waals surface area (Å²) in [6.07, 6.45) is 5.41. The minimum absolute atomic E-state index is 0.156. The molecule has 1 N–H and O–H groups in total. The summed E-state index contributed by atoms with van der Waals surface area (Å²) in [4.78, 5) is 4.05. The molecule has 0 radical (unpaired) electrons. The molecule has 0 aliphatic rings. The molecule has 7 heteroatoms. The second-order valence-corrected chi connectivity index (χ2v) is 6.09. The molecule has 1 aromatic carbocycles. The molecule has 0 aliphatic heterocycles. The van der Waals surface area contributed by atoms with Crippen LogP contribution in [0.25, 0.3) is 16.8 Å². The first-order valence-electron chi connectivity index (χ1n) is 8.30. The van der Waals surface area contributed by atoms with E-state index in [1.807, 2.05) is 24.4 Å². The van der Waals surface area contributed by atoms with E-state index in [0.717, 1.165) is 22.3 Å². The van der Waals surface area contributed by atoms with E-state index in [4.69, 9.17) is 0 Å². The molecule has 0 fully saturated rings. The third-order valence-electron chi connectivity index (χ3n) is 4.35. The summed E-state index contributed by atoms with van der Waals surface area (Å²) < 4.78 is 14.8. The van der Waals surface area contributed by atoms with E-state index in [1.165, 1.54) is 12.1 Å². The second kappa shape index (κ2) is 6.97. The molecule has 0 saturated heterocycles. The van der Waals surface area contributed by atoms with Crippen molar-refractivity contribution in [2.45, 2.75) is 19.5 Å². The van der Waals surface area contributed by atoms with Crippen molar-refractivity contribution in [2.75, 3.05) is 0 Å². The third kappa shape index (κ3) is 3.29. The molecule has 1 unspecified atom stereocenters. The van der Waals surface area contributed by atoms with Gasteiger partial charge in [-0.2, -0.15) is 4.52 Å². The van der Waals surface area contributed by atoms with Gasteiger partial charge in [0, 0.05) is 42.3 Å². The molecule has 0 amide bonds. The molecular weight excluding hydrogens is 331 g/mol. The highest BCUT2D eigenvalue weighted by Gasteiger charge is 2.11. The van der Waals surface area contributed by atoms with Gasteiger partial charge in [0.15, 0.2) is 5.65 Å². The monoisotopic (exact) mass is 348 g/mol. The molecule has 4 rings (SSSR count). The zero-order valence-electron chi connectivity index (χ0n) is 14.2. The second-order valence-electron chi connectivity index (χ2n) is 6.09. The Balaban J connectivity index is 1.63. The fourth-order valence-electron chi connectivity index (χ4n) is 2.88. The summed E-state index contributed by atoms with van der Waals surface area (Å²) in [5.74, 6) is -0.259. The summed E-state index contributed by atoms with van der Waals surface area (Å²) in [6, 6.07) is 12.6. The number of tetrazole rings is 1. The van der Waals surface area contributed by atoms with E-state index < -0.39 is 0 Å². The maximum Gasteiger partial charge on any atom is 0.183 e. The molecule has 0 aliphatic carbocycles. The smallest absolute Gasteiger partial charge is 0.183 e. The first-order chi connectivity index (χ1) is 12.7. The van der Waals surface area contributed by atoms with Crippen molar-refractivity contribution >= 4 is 5.65 Å². The zero-order chi connectivity index (χ0) is 17.9. The van der Waals surface area contributed by atoms with Gasteiger partial charge < -0.3 is 5.32 Å². The first kappa shape index (κ1) is 16.3. The molecule has 0 saturated carbocycles. The number of pyridine rings is 2. The van der Waals surface area contributed by atoms with Gasteiger partial charge in [0.2, 0.25) is 0 Å². The lowest BCUT2D eigenvalue weighted by molar-refractivity contribution is 0.574. The van der Waals surface area contributed by atoms with E-state index >= 15 is 0 Å². The number of nitrogens with one attached hydrogen (secondary N) is 1. The molecule has 3 heterocycles. The largest absolute Gasteiger partial charge is 0.306 e. The molecule has 0 spiro atoms. The highest BCUT2D eigenvalue weighted by Crippen LogP contribution is 2.23. The van der Waals surface area contributed by atoms with Crippen LogP contribution in [0.5, 0.6) is 0 Å². The predicted molar refractivity (Wildman–Crippen MR) is 95.7 cm³/mol. The van der Waals surface area contributed by atoms with Gasteiger partial charge in [-0.1, -0.05) is 12.1 Å². The fraction of sp³-hybridized carbons (Fsp3) is 0.158. The van der Waals surface area contributed by atoms with Gasteiger partial charge in [0.1, 0.15) is 5.82 Å². The van der Waals surface area contributed by atoms with Crippen LogP contribution in [0.2, 0.25) is 0 Å². The highest BCUT2D eigenvalue weighted by atomic mass is 19.1. The summed E-state index contributed by atoms with van der Waals surface area (Å²) in [5, 5.41) is 15.4. The van der Waals surface area contributed by atoms with Crippen molar-refractivity contribution in [2.24, 2.45) is 0 Å². The molecule has 3 aromatic heterocycles. The van der Waals surface area contributed by atoms with Crippen LogP contribution in [0, 0.1) is 5.82 Å².